The van der Waals surface area contributed by atoms with Crippen LogP contribution in [0.3, 0.4) is 0 Å². The van der Waals surface area contributed by atoms with Gasteiger partial charge in [0.1, 0.15) is 11.9 Å². The summed E-state index contributed by atoms with van der Waals surface area (Å²) in [6.07, 6.45) is 5.03. The highest BCUT2D eigenvalue weighted by atomic mass is 16.5. The third-order valence-corrected chi connectivity index (χ3v) is 4.15. The van der Waals surface area contributed by atoms with E-state index in [9.17, 15) is 0 Å². The molecule has 0 amide bonds. The van der Waals surface area contributed by atoms with Crippen molar-refractivity contribution >= 4 is 5.82 Å². The first-order chi connectivity index (χ1) is 9.95. The van der Waals surface area contributed by atoms with Gasteiger partial charge in [0.05, 0.1) is 0 Å². The number of nitrogens with one attached hydrogen (secondary N) is 1. The number of nitrogens with zero attached hydrogens (tertiary/aromatic N) is 2. The molecule has 118 valence electrons. The van der Waals surface area contributed by atoms with Gasteiger partial charge in [-0.1, -0.05) is 33.6 Å². The summed E-state index contributed by atoms with van der Waals surface area (Å²) in [5.41, 5.74) is 1.16. The van der Waals surface area contributed by atoms with Crippen LogP contribution in [0.15, 0.2) is 6.07 Å². The molecule has 1 saturated carbocycles. The van der Waals surface area contributed by atoms with Crippen LogP contribution in [0.25, 0.3) is 0 Å². The van der Waals surface area contributed by atoms with Gasteiger partial charge in [-0.15, -0.1) is 0 Å². The summed E-state index contributed by atoms with van der Waals surface area (Å²) < 4.78 is 5.70. The van der Waals surface area contributed by atoms with Crippen LogP contribution >= 0.6 is 0 Å². The average molecular weight is 291 g/mol. The summed E-state index contributed by atoms with van der Waals surface area (Å²) >= 11 is 0. The van der Waals surface area contributed by atoms with E-state index >= 15 is 0 Å². The van der Waals surface area contributed by atoms with Crippen LogP contribution in [0.4, 0.5) is 5.82 Å². The number of anilines is 1. The van der Waals surface area contributed by atoms with Crippen LogP contribution in [0, 0.1) is 5.41 Å². The molecule has 1 unspecified atom stereocenters. The SMILES string of the molecule is CCNc1cc(C2CCCC2)nc(C(OC)C(C)(C)C)n1. The molecule has 2 rings (SSSR count). The zero-order chi connectivity index (χ0) is 15.5. The summed E-state index contributed by atoms with van der Waals surface area (Å²) in [5.74, 6) is 2.32. The third kappa shape index (κ3) is 3.94. The molecule has 21 heavy (non-hydrogen) atoms. The van der Waals surface area contributed by atoms with Gasteiger partial charge in [0.15, 0.2) is 5.82 Å². The largest absolute Gasteiger partial charge is 0.373 e. The van der Waals surface area contributed by atoms with E-state index in [1.54, 1.807) is 7.11 Å². The lowest BCUT2D eigenvalue weighted by Crippen LogP contribution is -2.23. The molecule has 0 aromatic carbocycles. The van der Waals surface area contributed by atoms with Gasteiger partial charge in [0, 0.05) is 31.3 Å². The zero-order valence-corrected chi connectivity index (χ0v) is 14.1. The number of rotatable bonds is 5. The number of aromatic nitrogens is 2. The van der Waals surface area contributed by atoms with Gasteiger partial charge in [0.2, 0.25) is 0 Å². The van der Waals surface area contributed by atoms with E-state index in [0.29, 0.717) is 5.92 Å². The molecule has 1 atom stereocenters. The monoisotopic (exact) mass is 291 g/mol. The van der Waals surface area contributed by atoms with Gasteiger partial charge < -0.3 is 10.1 Å². The zero-order valence-electron chi connectivity index (χ0n) is 14.1. The van der Waals surface area contributed by atoms with Crippen LogP contribution in [0.1, 0.15) is 76.9 Å². The Bertz CT molecular complexity index is 462. The molecule has 1 aliphatic carbocycles. The van der Waals surface area contributed by atoms with Crippen molar-refractivity contribution in [2.24, 2.45) is 5.41 Å². The molecule has 0 radical (unpaired) electrons. The molecular weight excluding hydrogens is 262 g/mol. The van der Waals surface area contributed by atoms with E-state index in [1.165, 1.54) is 31.4 Å². The average Bonchev–Trinajstić information content (AvgIpc) is 2.91. The first-order valence-electron chi connectivity index (χ1n) is 8.11. The lowest BCUT2D eigenvalue weighted by molar-refractivity contribution is 0.00856. The molecule has 1 fully saturated rings. The van der Waals surface area contributed by atoms with E-state index in [-0.39, 0.29) is 11.5 Å². The van der Waals surface area contributed by atoms with Crippen molar-refractivity contribution in [2.75, 3.05) is 19.0 Å². The molecule has 0 aliphatic heterocycles. The second kappa shape index (κ2) is 6.73. The van der Waals surface area contributed by atoms with Crippen molar-refractivity contribution < 1.29 is 4.74 Å². The summed E-state index contributed by atoms with van der Waals surface area (Å²) in [7, 11) is 1.74. The first kappa shape index (κ1) is 16.2. The fraction of sp³-hybridized carbons (Fsp3) is 0.765. The summed E-state index contributed by atoms with van der Waals surface area (Å²) in [6.45, 7) is 9.46. The fourth-order valence-electron chi connectivity index (χ4n) is 3.15. The van der Waals surface area contributed by atoms with Crippen LogP contribution in [-0.4, -0.2) is 23.6 Å². The van der Waals surface area contributed by atoms with E-state index in [0.717, 1.165) is 18.2 Å². The van der Waals surface area contributed by atoms with E-state index in [2.05, 4.69) is 44.1 Å². The quantitative estimate of drug-likeness (QED) is 0.878. The van der Waals surface area contributed by atoms with E-state index in [1.807, 2.05) is 0 Å². The molecule has 0 saturated heterocycles. The van der Waals surface area contributed by atoms with Crippen LogP contribution in [-0.2, 0) is 4.74 Å². The summed E-state index contributed by atoms with van der Waals surface area (Å²) in [5, 5.41) is 3.34. The lowest BCUT2D eigenvalue weighted by atomic mass is 9.88. The lowest BCUT2D eigenvalue weighted by Gasteiger charge is -2.28. The minimum absolute atomic E-state index is 0.0213. The molecule has 4 nitrogen and oxygen atoms in total. The van der Waals surface area contributed by atoms with E-state index < -0.39 is 0 Å². The van der Waals surface area contributed by atoms with Crippen molar-refractivity contribution in [2.45, 2.75) is 65.4 Å². The molecule has 1 heterocycles. The van der Waals surface area contributed by atoms with Gasteiger partial charge >= 0.3 is 0 Å². The van der Waals surface area contributed by atoms with Gasteiger partial charge in [0.25, 0.3) is 0 Å². The molecule has 1 aromatic heterocycles. The molecule has 4 heteroatoms. The summed E-state index contributed by atoms with van der Waals surface area (Å²) in [6, 6.07) is 2.12. The highest BCUT2D eigenvalue weighted by Crippen LogP contribution is 2.37. The standard InChI is InChI=1S/C17H29N3O/c1-6-18-14-11-13(12-9-7-8-10-12)19-16(20-14)15(21-5)17(2,3)4/h11-12,15H,6-10H2,1-5H3,(H,18,19,20). The Morgan fingerprint density at radius 2 is 1.95 bits per heavy atom. The molecule has 1 aliphatic rings. The van der Waals surface area contributed by atoms with Crippen molar-refractivity contribution in [3.63, 3.8) is 0 Å². The second-order valence-electron chi connectivity index (χ2n) is 7.03. The molecular formula is C17H29N3O. The predicted molar refractivity (Wildman–Crippen MR) is 86.6 cm³/mol. The van der Waals surface area contributed by atoms with Gasteiger partial charge in [-0.05, 0) is 25.2 Å². The van der Waals surface area contributed by atoms with Crippen molar-refractivity contribution in [1.29, 1.82) is 0 Å². The van der Waals surface area contributed by atoms with Crippen molar-refractivity contribution in [1.82, 2.24) is 9.97 Å². The third-order valence-electron chi connectivity index (χ3n) is 4.15. The minimum Gasteiger partial charge on any atom is -0.373 e. The Labute approximate surface area is 128 Å². The van der Waals surface area contributed by atoms with Crippen LogP contribution in [0.2, 0.25) is 0 Å². The maximum Gasteiger partial charge on any atom is 0.160 e. The van der Waals surface area contributed by atoms with E-state index in [4.69, 9.17) is 9.72 Å². The van der Waals surface area contributed by atoms with Crippen molar-refractivity contribution in [3.8, 4) is 0 Å². The van der Waals surface area contributed by atoms with Crippen LogP contribution < -0.4 is 5.32 Å². The first-order valence-corrected chi connectivity index (χ1v) is 8.11. The topological polar surface area (TPSA) is 47.0 Å². The number of methoxy groups -OCH3 is 1. The Kier molecular flexibility index (Phi) is 5.20. The maximum atomic E-state index is 5.70. The van der Waals surface area contributed by atoms with Crippen molar-refractivity contribution in [3.05, 3.63) is 17.6 Å². The smallest absolute Gasteiger partial charge is 0.160 e. The maximum absolute atomic E-state index is 5.70. The number of hydrogen-bond acceptors (Lipinski definition) is 4. The predicted octanol–water partition coefficient (Wildman–Crippen LogP) is 4.30. The Morgan fingerprint density at radius 1 is 1.29 bits per heavy atom. The molecule has 0 spiro atoms. The highest BCUT2D eigenvalue weighted by Gasteiger charge is 2.30. The normalized spacial score (nSPS) is 18.0. The fourth-order valence-corrected chi connectivity index (χ4v) is 3.15. The minimum atomic E-state index is -0.0868. The Morgan fingerprint density at radius 3 is 2.48 bits per heavy atom. The number of hydrogen-bond donors (Lipinski definition) is 1. The van der Waals surface area contributed by atoms with Gasteiger partial charge in [-0.2, -0.15) is 0 Å². The Balaban J connectivity index is 2.38. The summed E-state index contributed by atoms with van der Waals surface area (Å²) in [4.78, 5) is 9.54. The van der Waals surface area contributed by atoms with Gasteiger partial charge in [-0.3, -0.25) is 0 Å². The van der Waals surface area contributed by atoms with Crippen LogP contribution in [0.5, 0.6) is 0 Å². The molecule has 0 bridgehead atoms. The highest BCUT2D eigenvalue weighted by molar-refractivity contribution is 5.37. The molecule has 1 aromatic rings. The Hall–Kier alpha value is -1.16. The second-order valence-corrected chi connectivity index (χ2v) is 7.03. The number of ether oxygens (including phenoxy) is 1. The molecule has 1 N–H and O–H groups in total. The van der Waals surface area contributed by atoms with Gasteiger partial charge in [-0.25, -0.2) is 9.97 Å².